The average molecular weight is 399 g/mol. The van der Waals surface area contributed by atoms with Crippen LogP contribution in [0, 0.1) is 0 Å². The van der Waals surface area contributed by atoms with Crippen molar-refractivity contribution in [3.63, 3.8) is 0 Å². The fraction of sp³-hybridized carbons (Fsp3) is 0.250. The third kappa shape index (κ3) is 3.77. The second kappa shape index (κ2) is 7.85. The number of carbonyl (C=O) groups is 1. The molecule has 2 heterocycles. The van der Waals surface area contributed by atoms with Crippen molar-refractivity contribution in [2.45, 2.75) is 19.4 Å². The molecule has 1 amide bonds. The zero-order chi connectivity index (χ0) is 20.3. The van der Waals surface area contributed by atoms with E-state index in [1.165, 1.54) is 29.2 Å². The SMILES string of the molecule is COc1ccc(NC(=O)C(C)(C)n2nc(-c3cccs3)ccc2=O)c(OC)c1. The number of carbonyl (C=O) groups excluding carboxylic acids is 1. The van der Waals surface area contributed by atoms with Crippen LogP contribution in [0.1, 0.15) is 13.8 Å². The van der Waals surface area contributed by atoms with Crippen LogP contribution >= 0.6 is 11.3 Å². The number of anilines is 1. The number of hydrogen-bond acceptors (Lipinski definition) is 6. The molecule has 0 saturated heterocycles. The highest BCUT2D eigenvalue weighted by atomic mass is 32.1. The zero-order valence-electron chi connectivity index (χ0n) is 16.1. The Hall–Kier alpha value is -3.13. The molecule has 28 heavy (non-hydrogen) atoms. The van der Waals surface area contributed by atoms with Crippen LogP contribution in [0.3, 0.4) is 0 Å². The minimum Gasteiger partial charge on any atom is -0.497 e. The molecule has 0 aliphatic rings. The topological polar surface area (TPSA) is 82.5 Å². The molecular formula is C20H21N3O4S. The first-order valence-corrected chi connectivity index (χ1v) is 9.43. The van der Waals surface area contributed by atoms with Gasteiger partial charge in [0.25, 0.3) is 11.5 Å². The minimum absolute atomic E-state index is 0.359. The van der Waals surface area contributed by atoms with Gasteiger partial charge in [-0.15, -0.1) is 11.3 Å². The molecule has 0 aliphatic heterocycles. The van der Waals surface area contributed by atoms with E-state index in [1.54, 1.807) is 45.2 Å². The highest BCUT2D eigenvalue weighted by molar-refractivity contribution is 7.13. The van der Waals surface area contributed by atoms with Crippen molar-refractivity contribution in [3.8, 4) is 22.1 Å². The highest BCUT2D eigenvalue weighted by Gasteiger charge is 2.33. The van der Waals surface area contributed by atoms with E-state index in [-0.39, 0.29) is 5.56 Å². The van der Waals surface area contributed by atoms with E-state index >= 15 is 0 Å². The van der Waals surface area contributed by atoms with E-state index < -0.39 is 11.4 Å². The van der Waals surface area contributed by atoms with Crippen LogP contribution in [0.25, 0.3) is 10.6 Å². The molecule has 0 unspecified atom stereocenters. The molecule has 146 valence electrons. The number of benzene rings is 1. The lowest BCUT2D eigenvalue weighted by atomic mass is 10.0. The van der Waals surface area contributed by atoms with Crippen LogP contribution in [-0.4, -0.2) is 29.9 Å². The van der Waals surface area contributed by atoms with E-state index in [2.05, 4.69) is 10.4 Å². The maximum atomic E-state index is 13.0. The van der Waals surface area contributed by atoms with Crippen molar-refractivity contribution in [1.82, 2.24) is 9.78 Å². The van der Waals surface area contributed by atoms with Gasteiger partial charge in [0.15, 0.2) is 0 Å². The number of nitrogens with zero attached hydrogens (tertiary/aromatic N) is 2. The van der Waals surface area contributed by atoms with Gasteiger partial charge in [-0.25, -0.2) is 4.68 Å². The predicted octanol–water partition coefficient (Wildman–Crippen LogP) is 3.36. The smallest absolute Gasteiger partial charge is 0.267 e. The van der Waals surface area contributed by atoms with E-state index in [0.29, 0.717) is 22.9 Å². The predicted molar refractivity (Wildman–Crippen MR) is 109 cm³/mol. The lowest BCUT2D eigenvalue weighted by molar-refractivity contribution is -0.123. The molecule has 0 fully saturated rings. The number of hydrogen-bond donors (Lipinski definition) is 1. The summed E-state index contributed by atoms with van der Waals surface area (Å²) in [6.45, 7) is 3.29. The van der Waals surface area contributed by atoms with Gasteiger partial charge in [-0.1, -0.05) is 6.07 Å². The number of methoxy groups -OCH3 is 2. The molecule has 1 N–H and O–H groups in total. The standard InChI is InChI=1S/C20H21N3O4S/c1-20(2,19(25)21-14-8-7-13(26-3)12-16(14)27-4)23-18(24)10-9-15(22-23)17-6-5-11-28-17/h5-12H,1-4H3,(H,21,25). The molecule has 2 aromatic heterocycles. The largest absolute Gasteiger partial charge is 0.497 e. The molecule has 1 aromatic carbocycles. The molecule has 8 heteroatoms. The summed E-state index contributed by atoms with van der Waals surface area (Å²) in [5.41, 5.74) is -0.474. The van der Waals surface area contributed by atoms with Gasteiger partial charge in [0.05, 0.1) is 24.8 Å². The van der Waals surface area contributed by atoms with Gasteiger partial charge >= 0.3 is 0 Å². The first-order valence-electron chi connectivity index (χ1n) is 8.55. The lowest BCUT2D eigenvalue weighted by Crippen LogP contribution is -2.47. The van der Waals surface area contributed by atoms with Crippen molar-refractivity contribution < 1.29 is 14.3 Å². The van der Waals surface area contributed by atoms with Crippen LogP contribution in [0.15, 0.2) is 52.6 Å². The Kier molecular flexibility index (Phi) is 5.51. The number of nitrogens with one attached hydrogen (secondary N) is 1. The number of aromatic nitrogens is 2. The van der Waals surface area contributed by atoms with Gasteiger partial charge in [-0.3, -0.25) is 9.59 Å². The number of ether oxygens (including phenoxy) is 2. The summed E-state index contributed by atoms with van der Waals surface area (Å²) in [5, 5.41) is 9.17. The Labute approximate surface area is 166 Å². The van der Waals surface area contributed by atoms with Gasteiger partial charge in [0.1, 0.15) is 22.7 Å². The van der Waals surface area contributed by atoms with Crippen LogP contribution in [-0.2, 0) is 10.3 Å². The quantitative estimate of drug-likeness (QED) is 0.687. The minimum atomic E-state index is -1.23. The third-order valence-electron chi connectivity index (χ3n) is 4.32. The van der Waals surface area contributed by atoms with E-state index in [9.17, 15) is 9.59 Å². The van der Waals surface area contributed by atoms with Gasteiger partial charge < -0.3 is 14.8 Å². The number of amides is 1. The first-order chi connectivity index (χ1) is 13.4. The summed E-state index contributed by atoms with van der Waals surface area (Å²) in [6, 6.07) is 12.0. The van der Waals surface area contributed by atoms with Crippen molar-refractivity contribution in [2.75, 3.05) is 19.5 Å². The molecule has 3 rings (SSSR count). The fourth-order valence-corrected chi connectivity index (χ4v) is 3.33. The number of thiophene rings is 1. The Balaban J connectivity index is 1.94. The maximum Gasteiger partial charge on any atom is 0.267 e. The van der Waals surface area contributed by atoms with E-state index in [4.69, 9.17) is 9.47 Å². The monoisotopic (exact) mass is 399 g/mol. The summed E-state index contributed by atoms with van der Waals surface area (Å²) in [5.74, 6) is 0.667. The van der Waals surface area contributed by atoms with Gasteiger partial charge in [0, 0.05) is 12.1 Å². The van der Waals surface area contributed by atoms with Crippen LogP contribution in [0.5, 0.6) is 11.5 Å². The Bertz CT molecular complexity index is 1040. The van der Waals surface area contributed by atoms with Crippen LogP contribution in [0.4, 0.5) is 5.69 Å². The summed E-state index contributed by atoms with van der Waals surface area (Å²) in [4.78, 5) is 26.4. The molecule has 0 saturated carbocycles. The molecule has 0 aliphatic carbocycles. The Morgan fingerprint density at radius 3 is 2.57 bits per heavy atom. The molecule has 0 bridgehead atoms. The first kappa shape index (κ1) is 19.6. The second-order valence-corrected chi connectivity index (χ2v) is 7.47. The maximum absolute atomic E-state index is 13.0. The summed E-state index contributed by atoms with van der Waals surface area (Å²) < 4.78 is 11.7. The Morgan fingerprint density at radius 2 is 1.93 bits per heavy atom. The Morgan fingerprint density at radius 1 is 1.14 bits per heavy atom. The molecule has 0 spiro atoms. The highest BCUT2D eigenvalue weighted by Crippen LogP contribution is 2.30. The van der Waals surface area contributed by atoms with Crippen molar-refractivity contribution in [1.29, 1.82) is 0 Å². The lowest BCUT2D eigenvalue weighted by Gasteiger charge is -2.25. The third-order valence-corrected chi connectivity index (χ3v) is 5.21. The van der Waals surface area contributed by atoms with Gasteiger partial charge in [-0.2, -0.15) is 5.10 Å². The van der Waals surface area contributed by atoms with Crippen molar-refractivity contribution in [3.05, 3.63) is 58.2 Å². The molecular weight excluding hydrogens is 378 g/mol. The average Bonchev–Trinajstić information content (AvgIpc) is 3.23. The molecule has 0 radical (unpaired) electrons. The second-order valence-electron chi connectivity index (χ2n) is 6.53. The van der Waals surface area contributed by atoms with Gasteiger partial charge in [0.2, 0.25) is 0 Å². The molecule has 7 nitrogen and oxygen atoms in total. The zero-order valence-corrected chi connectivity index (χ0v) is 16.9. The van der Waals surface area contributed by atoms with Crippen LogP contribution < -0.4 is 20.3 Å². The normalized spacial score (nSPS) is 11.1. The van der Waals surface area contributed by atoms with E-state index in [0.717, 1.165) is 4.88 Å². The summed E-state index contributed by atoms with van der Waals surface area (Å²) >= 11 is 1.51. The van der Waals surface area contributed by atoms with Crippen LogP contribution in [0.2, 0.25) is 0 Å². The van der Waals surface area contributed by atoms with Crippen molar-refractivity contribution >= 4 is 22.9 Å². The fourth-order valence-electron chi connectivity index (χ4n) is 2.64. The van der Waals surface area contributed by atoms with E-state index in [1.807, 2.05) is 17.5 Å². The summed E-state index contributed by atoms with van der Waals surface area (Å²) in [6.07, 6.45) is 0. The molecule has 3 aromatic rings. The van der Waals surface area contributed by atoms with Gasteiger partial charge in [-0.05, 0) is 43.5 Å². The summed E-state index contributed by atoms with van der Waals surface area (Å²) in [7, 11) is 3.06. The number of rotatable bonds is 6. The molecule has 0 atom stereocenters. The van der Waals surface area contributed by atoms with Crippen molar-refractivity contribution in [2.24, 2.45) is 0 Å².